The standard InChI is InChI=1S/C10H13F6N5O3S/c1-20-8(18-17-7(19-20)9(11,12)13)21-4-2-6(3-5-21)24-25(22,23)10(14,15)16/h2,8,18H,3-5H2,1H3,(H,17,19). The first-order chi connectivity index (χ1) is 11.3. The molecule has 0 aromatic carbocycles. The van der Waals surface area contributed by atoms with Gasteiger partial charge in [-0.25, -0.2) is 0 Å². The van der Waals surface area contributed by atoms with Gasteiger partial charge in [0.05, 0.1) is 0 Å². The molecule has 1 unspecified atom stereocenters. The summed E-state index contributed by atoms with van der Waals surface area (Å²) in [6.45, 7) is -0.0387. The molecule has 0 amide bonds. The number of rotatable bonds is 3. The van der Waals surface area contributed by atoms with E-state index in [-0.39, 0.29) is 25.3 Å². The number of hydrazone groups is 1. The maximum absolute atomic E-state index is 12.5. The fraction of sp³-hybridized carbons (Fsp3) is 0.700. The van der Waals surface area contributed by atoms with Crippen molar-refractivity contribution in [2.75, 3.05) is 20.1 Å². The van der Waals surface area contributed by atoms with Crippen molar-refractivity contribution in [3.8, 4) is 0 Å². The predicted octanol–water partition coefficient (Wildman–Crippen LogP) is 0.641. The SMILES string of the molecule is CN1NC(C(F)(F)F)=NNC1N1CC=C(OS(=O)(=O)C(F)(F)F)CC1. The first kappa shape index (κ1) is 19.6. The molecule has 15 heteroatoms. The largest absolute Gasteiger partial charge is 0.534 e. The first-order valence-electron chi connectivity index (χ1n) is 6.65. The molecule has 0 aromatic heterocycles. The highest BCUT2D eigenvalue weighted by Crippen LogP contribution is 2.28. The summed E-state index contributed by atoms with van der Waals surface area (Å²) in [6, 6.07) is 0. The summed E-state index contributed by atoms with van der Waals surface area (Å²) in [6.07, 6.45) is -4.59. The minimum Gasteiger partial charge on any atom is -0.381 e. The minimum atomic E-state index is -5.75. The van der Waals surface area contributed by atoms with Crippen molar-refractivity contribution in [2.45, 2.75) is 24.4 Å². The van der Waals surface area contributed by atoms with Gasteiger partial charge in [0.2, 0.25) is 5.84 Å². The van der Waals surface area contributed by atoms with E-state index >= 15 is 0 Å². The molecule has 2 rings (SSSR count). The highest BCUT2D eigenvalue weighted by atomic mass is 32.2. The third-order valence-electron chi connectivity index (χ3n) is 3.25. The molecule has 2 aliphatic heterocycles. The molecule has 2 N–H and O–H groups in total. The van der Waals surface area contributed by atoms with Crippen LogP contribution in [0.25, 0.3) is 0 Å². The van der Waals surface area contributed by atoms with Gasteiger partial charge in [-0.05, 0) is 6.08 Å². The molecule has 0 aromatic rings. The van der Waals surface area contributed by atoms with E-state index in [9.17, 15) is 34.8 Å². The maximum Gasteiger partial charge on any atom is 0.534 e. The van der Waals surface area contributed by atoms with Crippen LogP contribution in [0.2, 0.25) is 0 Å². The van der Waals surface area contributed by atoms with E-state index in [0.29, 0.717) is 0 Å². The van der Waals surface area contributed by atoms with Gasteiger partial charge in [-0.3, -0.25) is 15.8 Å². The molecule has 0 saturated carbocycles. The summed E-state index contributed by atoms with van der Waals surface area (Å²) in [5, 5.41) is 4.24. The zero-order valence-corrected chi connectivity index (χ0v) is 13.3. The quantitative estimate of drug-likeness (QED) is 0.411. The number of hydrazine groups is 1. The summed E-state index contributed by atoms with van der Waals surface area (Å²) < 4.78 is 100. The molecule has 25 heavy (non-hydrogen) atoms. The van der Waals surface area contributed by atoms with Crippen molar-refractivity contribution < 1.29 is 38.9 Å². The van der Waals surface area contributed by atoms with E-state index in [1.165, 1.54) is 11.9 Å². The Labute approximate surface area is 138 Å². The van der Waals surface area contributed by atoms with Crippen LogP contribution in [-0.4, -0.2) is 62.3 Å². The number of nitrogens with one attached hydrogen (secondary N) is 2. The van der Waals surface area contributed by atoms with Gasteiger partial charge in [-0.15, -0.1) is 0 Å². The Morgan fingerprint density at radius 3 is 2.36 bits per heavy atom. The van der Waals surface area contributed by atoms with Crippen LogP contribution in [0.4, 0.5) is 26.3 Å². The minimum absolute atomic E-state index is 0.0275. The van der Waals surface area contributed by atoms with E-state index in [2.05, 4.69) is 14.7 Å². The van der Waals surface area contributed by atoms with E-state index in [1.54, 1.807) is 0 Å². The van der Waals surface area contributed by atoms with Gasteiger partial charge in [0.1, 0.15) is 5.76 Å². The number of halogens is 6. The summed E-state index contributed by atoms with van der Waals surface area (Å²) in [5.74, 6) is -1.64. The Morgan fingerprint density at radius 1 is 1.28 bits per heavy atom. The smallest absolute Gasteiger partial charge is 0.381 e. The maximum atomic E-state index is 12.5. The Morgan fingerprint density at radius 2 is 1.92 bits per heavy atom. The Kier molecular flexibility index (Phi) is 5.11. The van der Waals surface area contributed by atoms with Crippen molar-refractivity contribution in [1.29, 1.82) is 0 Å². The van der Waals surface area contributed by atoms with Gasteiger partial charge in [0, 0.05) is 26.6 Å². The molecular formula is C10H13F6N5O3S. The average Bonchev–Trinajstić information content (AvgIpc) is 2.45. The fourth-order valence-electron chi connectivity index (χ4n) is 2.07. The summed E-state index contributed by atoms with van der Waals surface area (Å²) in [4.78, 5) is 1.51. The lowest BCUT2D eigenvalue weighted by molar-refractivity contribution is -0.0769. The van der Waals surface area contributed by atoms with Crippen LogP contribution in [0.1, 0.15) is 6.42 Å². The second-order valence-electron chi connectivity index (χ2n) is 5.08. The van der Waals surface area contributed by atoms with E-state index in [0.717, 1.165) is 11.1 Å². The summed E-state index contributed by atoms with van der Waals surface area (Å²) >= 11 is 0. The molecular weight excluding hydrogens is 384 g/mol. The van der Waals surface area contributed by atoms with Gasteiger partial charge in [-0.2, -0.15) is 44.9 Å². The highest BCUT2D eigenvalue weighted by molar-refractivity contribution is 7.87. The van der Waals surface area contributed by atoms with Gasteiger partial charge in [-0.1, -0.05) is 0 Å². The fourth-order valence-corrected chi connectivity index (χ4v) is 2.60. The average molecular weight is 397 g/mol. The van der Waals surface area contributed by atoms with Crippen LogP contribution < -0.4 is 10.9 Å². The van der Waals surface area contributed by atoms with Crippen LogP contribution in [-0.2, 0) is 14.3 Å². The monoisotopic (exact) mass is 397 g/mol. The zero-order chi connectivity index (χ0) is 19.0. The van der Waals surface area contributed by atoms with Gasteiger partial charge in [0.25, 0.3) is 0 Å². The number of nitrogens with zero attached hydrogens (tertiary/aromatic N) is 3. The van der Waals surface area contributed by atoms with Gasteiger partial charge < -0.3 is 4.18 Å². The molecule has 0 spiro atoms. The van der Waals surface area contributed by atoms with Crippen molar-refractivity contribution in [2.24, 2.45) is 5.10 Å². The highest BCUT2D eigenvalue weighted by Gasteiger charge is 2.49. The topological polar surface area (TPSA) is 86.3 Å². The van der Waals surface area contributed by atoms with Crippen molar-refractivity contribution in [3.05, 3.63) is 11.8 Å². The molecule has 2 aliphatic rings. The zero-order valence-electron chi connectivity index (χ0n) is 12.5. The lowest BCUT2D eigenvalue weighted by Gasteiger charge is -2.41. The number of amidine groups is 1. The molecule has 2 heterocycles. The van der Waals surface area contributed by atoms with Gasteiger partial charge in [0.15, 0.2) is 6.29 Å². The Hall–Kier alpha value is -1.74. The molecule has 8 nitrogen and oxygen atoms in total. The van der Waals surface area contributed by atoms with Crippen LogP contribution in [0, 0.1) is 0 Å². The number of hydrogen-bond acceptors (Lipinski definition) is 8. The number of hydrogen-bond donors (Lipinski definition) is 2. The molecule has 144 valence electrons. The normalized spacial score (nSPS) is 24.0. The molecule has 0 bridgehead atoms. The van der Waals surface area contributed by atoms with E-state index in [1.807, 2.05) is 5.43 Å². The molecule has 0 aliphatic carbocycles. The second-order valence-corrected chi connectivity index (χ2v) is 6.62. The van der Waals surface area contributed by atoms with Crippen molar-refractivity contribution in [3.63, 3.8) is 0 Å². The first-order valence-corrected chi connectivity index (χ1v) is 8.06. The van der Waals surface area contributed by atoms with Crippen LogP contribution in [0.15, 0.2) is 16.9 Å². The number of alkyl halides is 6. The van der Waals surface area contributed by atoms with E-state index < -0.39 is 33.9 Å². The Bertz CT molecular complexity index is 674. The van der Waals surface area contributed by atoms with Crippen LogP contribution in [0.3, 0.4) is 0 Å². The van der Waals surface area contributed by atoms with E-state index in [4.69, 9.17) is 0 Å². The van der Waals surface area contributed by atoms with Gasteiger partial charge >= 0.3 is 21.8 Å². The van der Waals surface area contributed by atoms with Crippen LogP contribution >= 0.6 is 0 Å². The summed E-state index contributed by atoms with van der Waals surface area (Å²) in [5.41, 5.74) is -1.24. The molecule has 0 saturated heterocycles. The second kappa shape index (κ2) is 6.53. The lowest BCUT2D eigenvalue weighted by Crippen LogP contribution is -2.65. The third-order valence-corrected chi connectivity index (χ3v) is 4.25. The van der Waals surface area contributed by atoms with Crippen LogP contribution in [0.5, 0.6) is 0 Å². The van der Waals surface area contributed by atoms with Crippen molar-refractivity contribution >= 4 is 16.0 Å². The molecule has 1 atom stereocenters. The van der Waals surface area contributed by atoms with Crippen molar-refractivity contribution in [1.82, 2.24) is 20.8 Å². The molecule has 0 radical (unpaired) electrons. The molecule has 0 fully saturated rings. The Balaban J connectivity index is 2.00. The third kappa shape index (κ3) is 4.46. The predicted molar refractivity (Wildman–Crippen MR) is 71.6 cm³/mol. The lowest BCUT2D eigenvalue weighted by atomic mass is 10.2. The summed E-state index contributed by atoms with van der Waals surface area (Å²) in [7, 11) is -4.44.